The van der Waals surface area contributed by atoms with E-state index in [1.807, 2.05) is 18.2 Å². The number of carbonyl (C=O) groups is 2. The highest BCUT2D eigenvalue weighted by Gasteiger charge is 2.21. The zero-order chi connectivity index (χ0) is 15.9. The number of para-hydroxylation sites is 1. The van der Waals surface area contributed by atoms with Crippen LogP contribution < -0.4 is 10.1 Å². The summed E-state index contributed by atoms with van der Waals surface area (Å²) in [6, 6.07) is 8.75. The third kappa shape index (κ3) is 3.88. The Morgan fingerprint density at radius 3 is 2.73 bits per heavy atom. The molecule has 6 nitrogen and oxygen atoms in total. The van der Waals surface area contributed by atoms with Gasteiger partial charge in [-0.3, -0.25) is 9.59 Å². The van der Waals surface area contributed by atoms with E-state index in [0.29, 0.717) is 11.3 Å². The predicted octanol–water partition coefficient (Wildman–Crippen LogP) is 1.96. The second-order valence-electron chi connectivity index (χ2n) is 4.77. The zero-order valence-corrected chi connectivity index (χ0v) is 12.1. The van der Waals surface area contributed by atoms with Crippen LogP contribution in [0.1, 0.15) is 15.9 Å². The van der Waals surface area contributed by atoms with Crippen LogP contribution in [0, 0.1) is 5.92 Å². The first-order valence-corrected chi connectivity index (χ1v) is 6.77. The van der Waals surface area contributed by atoms with E-state index in [0.717, 1.165) is 5.56 Å². The molecule has 0 aliphatic rings. The van der Waals surface area contributed by atoms with Crippen LogP contribution in [-0.4, -0.2) is 30.6 Å². The van der Waals surface area contributed by atoms with E-state index < -0.39 is 11.9 Å². The van der Waals surface area contributed by atoms with Crippen molar-refractivity contribution in [2.75, 3.05) is 13.7 Å². The van der Waals surface area contributed by atoms with E-state index in [-0.39, 0.29) is 18.9 Å². The maximum absolute atomic E-state index is 11.8. The molecule has 1 atom stereocenters. The van der Waals surface area contributed by atoms with Gasteiger partial charge in [0.25, 0.3) is 5.91 Å². The average molecular weight is 303 g/mol. The van der Waals surface area contributed by atoms with Crippen LogP contribution in [0.5, 0.6) is 5.75 Å². The van der Waals surface area contributed by atoms with E-state index >= 15 is 0 Å². The van der Waals surface area contributed by atoms with Crippen molar-refractivity contribution in [3.05, 3.63) is 54.0 Å². The Bertz CT molecular complexity index is 636. The van der Waals surface area contributed by atoms with Crippen LogP contribution >= 0.6 is 0 Å². The molecule has 0 spiro atoms. The fourth-order valence-electron chi connectivity index (χ4n) is 2.10. The maximum atomic E-state index is 11.8. The molecule has 2 aromatic rings. The largest absolute Gasteiger partial charge is 0.496 e. The van der Waals surface area contributed by atoms with E-state index in [2.05, 4.69) is 5.32 Å². The Hall–Kier alpha value is -2.76. The smallest absolute Gasteiger partial charge is 0.308 e. The number of aliphatic carboxylic acids is 1. The van der Waals surface area contributed by atoms with Crippen molar-refractivity contribution >= 4 is 11.9 Å². The Kier molecular flexibility index (Phi) is 5.19. The van der Waals surface area contributed by atoms with Crippen LogP contribution in [0.4, 0.5) is 0 Å². The first-order valence-electron chi connectivity index (χ1n) is 6.77. The van der Waals surface area contributed by atoms with Crippen molar-refractivity contribution in [1.29, 1.82) is 0 Å². The summed E-state index contributed by atoms with van der Waals surface area (Å²) in [7, 11) is 1.54. The second kappa shape index (κ2) is 7.31. The van der Waals surface area contributed by atoms with Crippen molar-refractivity contribution < 1.29 is 23.8 Å². The number of hydrogen-bond acceptors (Lipinski definition) is 4. The Labute approximate surface area is 127 Å². The molecule has 1 heterocycles. The molecule has 0 aliphatic heterocycles. The molecule has 0 bridgehead atoms. The lowest BCUT2D eigenvalue weighted by molar-refractivity contribution is -0.141. The third-order valence-corrected chi connectivity index (χ3v) is 3.30. The summed E-state index contributed by atoms with van der Waals surface area (Å²) in [4.78, 5) is 23.2. The van der Waals surface area contributed by atoms with Gasteiger partial charge in [-0.2, -0.15) is 0 Å². The Morgan fingerprint density at radius 2 is 2.09 bits per heavy atom. The summed E-state index contributed by atoms with van der Waals surface area (Å²) in [6.45, 7) is 0.0252. The Morgan fingerprint density at radius 1 is 1.32 bits per heavy atom. The highest BCUT2D eigenvalue weighted by atomic mass is 16.5. The van der Waals surface area contributed by atoms with E-state index in [1.54, 1.807) is 6.07 Å². The van der Waals surface area contributed by atoms with Crippen LogP contribution in [-0.2, 0) is 11.2 Å². The minimum Gasteiger partial charge on any atom is -0.496 e. The van der Waals surface area contributed by atoms with Crippen LogP contribution in [0.3, 0.4) is 0 Å². The second-order valence-corrected chi connectivity index (χ2v) is 4.77. The van der Waals surface area contributed by atoms with Crippen molar-refractivity contribution in [2.24, 2.45) is 5.92 Å². The molecule has 1 aromatic carbocycles. The summed E-state index contributed by atoms with van der Waals surface area (Å²) in [6.07, 6.45) is 2.97. The fraction of sp³-hybridized carbons (Fsp3) is 0.250. The molecule has 1 aromatic heterocycles. The lowest BCUT2D eigenvalue weighted by Gasteiger charge is -2.15. The molecular formula is C16H17NO5. The molecule has 1 amide bonds. The van der Waals surface area contributed by atoms with Gasteiger partial charge in [-0.25, -0.2) is 0 Å². The summed E-state index contributed by atoms with van der Waals surface area (Å²) in [5, 5.41) is 11.9. The minimum absolute atomic E-state index is 0.0252. The summed E-state index contributed by atoms with van der Waals surface area (Å²) < 4.78 is 10.0. The number of nitrogens with one attached hydrogen (secondary N) is 1. The van der Waals surface area contributed by atoms with Crippen molar-refractivity contribution in [2.45, 2.75) is 6.42 Å². The van der Waals surface area contributed by atoms with Crippen molar-refractivity contribution in [1.82, 2.24) is 5.32 Å². The molecule has 2 rings (SSSR count). The standard InChI is InChI=1S/C16H17NO5/c1-21-14-5-3-2-4-11(14)8-13(16(19)20)9-17-15(18)12-6-7-22-10-12/h2-7,10,13H,8-9H2,1H3,(H,17,18)(H,19,20). The normalized spacial score (nSPS) is 11.7. The topological polar surface area (TPSA) is 88.8 Å². The molecule has 0 saturated carbocycles. The number of rotatable bonds is 7. The number of carboxylic acid groups (broad SMARTS) is 1. The van der Waals surface area contributed by atoms with Gasteiger partial charge in [0.05, 0.1) is 24.9 Å². The third-order valence-electron chi connectivity index (χ3n) is 3.30. The van der Waals surface area contributed by atoms with Gasteiger partial charge < -0.3 is 19.6 Å². The maximum Gasteiger partial charge on any atom is 0.308 e. The lowest BCUT2D eigenvalue weighted by atomic mass is 9.98. The molecule has 0 saturated heterocycles. The van der Waals surface area contributed by atoms with Gasteiger partial charge >= 0.3 is 5.97 Å². The first kappa shape index (κ1) is 15.6. The van der Waals surface area contributed by atoms with E-state index in [9.17, 15) is 14.7 Å². The quantitative estimate of drug-likeness (QED) is 0.816. The summed E-state index contributed by atoms with van der Waals surface area (Å²) >= 11 is 0. The van der Waals surface area contributed by atoms with Gasteiger partial charge in [0, 0.05) is 6.54 Å². The van der Waals surface area contributed by atoms with Crippen molar-refractivity contribution in [3.63, 3.8) is 0 Å². The summed E-state index contributed by atoms with van der Waals surface area (Å²) in [5.41, 5.74) is 1.15. The highest BCUT2D eigenvalue weighted by Crippen LogP contribution is 2.21. The molecule has 0 fully saturated rings. The average Bonchev–Trinajstić information content (AvgIpc) is 3.05. The molecule has 1 unspecified atom stereocenters. The number of amides is 1. The van der Waals surface area contributed by atoms with Gasteiger partial charge in [-0.1, -0.05) is 18.2 Å². The van der Waals surface area contributed by atoms with E-state index in [1.165, 1.54) is 25.7 Å². The van der Waals surface area contributed by atoms with Gasteiger partial charge in [0.1, 0.15) is 12.0 Å². The molecule has 6 heteroatoms. The monoisotopic (exact) mass is 303 g/mol. The van der Waals surface area contributed by atoms with Gasteiger partial charge in [-0.05, 0) is 24.1 Å². The number of carboxylic acids is 1. The number of benzene rings is 1. The molecule has 116 valence electrons. The van der Waals surface area contributed by atoms with Crippen LogP contribution in [0.15, 0.2) is 47.3 Å². The number of methoxy groups -OCH3 is 1. The minimum atomic E-state index is -0.974. The van der Waals surface area contributed by atoms with Gasteiger partial charge in [-0.15, -0.1) is 0 Å². The number of furan rings is 1. The van der Waals surface area contributed by atoms with Crippen molar-refractivity contribution in [3.8, 4) is 5.75 Å². The zero-order valence-electron chi connectivity index (χ0n) is 12.1. The van der Waals surface area contributed by atoms with E-state index in [4.69, 9.17) is 9.15 Å². The summed E-state index contributed by atoms with van der Waals surface area (Å²) in [5.74, 6) is -1.44. The lowest BCUT2D eigenvalue weighted by Crippen LogP contribution is -2.34. The number of ether oxygens (including phenoxy) is 1. The van der Waals surface area contributed by atoms with Gasteiger partial charge in [0.2, 0.25) is 0 Å². The van der Waals surface area contributed by atoms with Crippen LogP contribution in [0.2, 0.25) is 0 Å². The molecule has 22 heavy (non-hydrogen) atoms. The molecule has 0 radical (unpaired) electrons. The Balaban J connectivity index is 2.01. The molecule has 0 aliphatic carbocycles. The number of hydrogen-bond donors (Lipinski definition) is 2. The predicted molar refractivity (Wildman–Crippen MR) is 78.9 cm³/mol. The molecular weight excluding hydrogens is 286 g/mol. The highest BCUT2D eigenvalue weighted by molar-refractivity contribution is 5.94. The van der Waals surface area contributed by atoms with Crippen LogP contribution in [0.25, 0.3) is 0 Å². The molecule has 2 N–H and O–H groups in total. The van der Waals surface area contributed by atoms with Gasteiger partial charge in [0.15, 0.2) is 0 Å². The SMILES string of the molecule is COc1ccccc1CC(CNC(=O)c1ccoc1)C(=O)O. The fourth-order valence-corrected chi connectivity index (χ4v) is 2.10. The number of carbonyl (C=O) groups excluding carboxylic acids is 1. The first-order chi connectivity index (χ1) is 10.6.